The topological polar surface area (TPSA) is 41.4 Å². The first-order valence-electron chi connectivity index (χ1n) is 6.97. The van der Waals surface area contributed by atoms with Crippen LogP contribution in [0.2, 0.25) is 0 Å². The summed E-state index contributed by atoms with van der Waals surface area (Å²) in [6, 6.07) is 10.3. The summed E-state index contributed by atoms with van der Waals surface area (Å²) < 4.78 is 1.96. The minimum absolute atomic E-state index is 0. The van der Waals surface area contributed by atoms with Crippen LogP contribution in [0.25, 0.3) is 0 Å². The van der Waals surface area contributed by atoms with Crippen LogP contribution in [0, 0.1) is 0 Å². The van der Waals surface area contributed by atoms with Gasteiger partial charge in [-0.15, -0.1) is 4.68 Å². The van der Waals surface area contributed by atoms with Gasteiger partial charge in [0.2, 0.25) is 0 Å². The molecule has 0 saturated carbocycles. The van der Waals surface area contributed by atoms with E-state index in [9.17, 15) is 0 Å². The van der Waals surface area contributed by atoms with Crippen LogP contribution in [0.3, 0.4) is 0 Å². The van der Waals surface area contributed by atoms with Gasteiger partial charge < -0.3 is 24.0 Å². The summed E-state index contributed by atoms with van der Waals surface area (Å²) in [6.07, 6.45) is 4.95. The Hall–Kier alpha value is -0.560. The van der Waals surface area contributed by atoms with E-state index in [2.05, 4.69) is 31.2 Å². The van der Waals surface area contributed by atoms with Crippen molar-refractivity contribution < 1.29 is 28.7 Å². The summed E-state index contributed by atoms with van der Waals surface area (Å²) in [6.45, 7) is 3.15. The molecule has 1 aromatic rings. The van der Waals surface area contributed by atoms with Gasteiger partial charge in [0.15, 0.2) is 0 Å². The lowest BCUT2D eigenvalue weighted by atomic mass is 10.1. The molecule has 0 amide bonds. The molecule has 1 aliphatic rings. The minimum atomic E-state index is 0. The highest BCUT2D eigenvalue weighted by molar-refractivity contribution is 8.14. The van der Waals surface area contributed by atoms with Crippen molar-refractivity contribution in [2.24, 2.45) is 10.8 Å². The third-order valence-corrected chi connectivity index (χ3v) is 4.11. The van der Waals surface area contributed by atoms with E-state index >= 15 is 0 Å². The Morgan fingerprint density at radius 2 is 1.95 bits per heavy atom. The van der Waals surface area contributed by atoms with Gasteiger partial charge in [0.25, 0.3) is 0 Å². The lowest BCUT2D eigenvalue weighted by Crippen LogP contribution is -3.00. The van der Waals surface area contributed by atoms with E-state index in [1.165, 1.54) is 24.8 Å². The molecule has 0 unspecified atom stereocenters. The summed E-state index contributed by atoms with van der Waals surface area (Å²) in [4.78, 5) is 0. The van der Waals surface area contributed by atoms with E-state index in [4.69, 9.17) is 10.8 Å². The van der Waals surface area contributed by atoms with Crippen LogP contribution in [-0.4, -0.2) is 27.9 Å². The number of rotatable bonds is 6. The highest BCUT2D eigenvalue weighted by Crippen LogP contribution is 2.14. The van der Waals surface area contributed by atoms with Gasteiger partial charge in [-0.05, 0) is 24.6 Å². The molecule has 0 atom stereocenters. The van der Waals surface area contributed by atoms with Crippen LogP contribution in [0.4, 0.5) is 0 Å². The van der Waals surface area contributed by atoms with Crippen molar-refractivity contribution in [3.05, 3.63) is 35.9 Å². The van der Waals surface area contributed by atoms with E-state index in [-0.39, 0.29) is 24.0 Å². The molecule has 1 heterocycles. The number of hydrogen-bond acceptors (Lipinski definition) is 3. The molecule has 3 nitrogen and oxygen atoms in total. The first kappa shape index (κ1) is 17.5. The number of unbranched alkanes of at least 4 members (excludes halogenated alkanes) is 3. The Balaban J connectivity index is 0.00000200. The van der Waals surface area contributed by atoms with E-state index in [1.807, 2.05) is 10.8 Å². The van der Waals surface area contributed by atoms with E-state index in [0.717, 1.165) is 29.6 Å². The van der Waals surface area contributed by atoms with Crippen molar-refractivity contribution in [1.82, 2.24) is 0 Å². The van der Waals surface area contributed by atoms with Crippen molar-refractivity contribution in [2.45, 2.75) is 32.6 Å². The lowest BCUT2D eigenvalue weighted by Gasteiger charge is -2.12. The van der Waals surface area contributed by atoms with Gasteiger partial charge >= 0.3 is 5.17 Å². The fraction of sp³-hybridized carbons (Fsp3) is 0.467. The van der Waals surface area contributed by atoms with E-state index in [1.54, 1.807) is 11.8 Å². The molecule has 2 N–H and O–H groups in total. The fourth-order valence-electron chi connectivity index (χ4n) is 2.06. The van der Waals surface area contributed by atoms with Crippen molar-refractivity contribution in [3.8, 4) is 0 Å². The summed E-state index contributed by atoms with van der Waals surface area (Å²) in [5.74, 6) is 0.862. The maximum atomic E-state index is 6.03. The van der Waals surface area contributed by atoms with Crippen LogP contribution in [-0.2, 0) is 0 Å². The number of nitrogens with two attached hydrogens (primary N) is 1. The smallest absolute Gasteiger partial charge is 0.329 e. The van der Waals surface area contributed by atoms with Gasteiger partial charge in [-0.3, -0.25) is 5.73 Å². The molecule has 0 aromatic heterocycles. The minimum Gasteiger partial charge on any atom is -1.00 e. The Kier molecular flexibility index (Phi) is 8.21. The second-order valence-corrected chi connectivity index (χ2v) is 5.72. The molecule has 0 aliphatic carbocycles. The summed E-state index contributed by atoms with van der Waals surface area (Å²) in [7, 11) is 0. The Labute approximate surface area is 142 Å². The standard InChI is InChI=1S/C15H21N3S.HI/c1-2-3-4-8-11-18-15(16)19-12-14(17-18)13-9-6-5-7-10-13;/h5-7,9-10,16H,2-4,8,11-12H2,1H3;1H. The number of nitrogens with zero attached hydrogens (tertiary/aromatic N) is 2. The predicted octanol–water partition coefficient (Wildman–Crippen LogP) is 0.0490. The quantitative estimate of drug-likeness (QED) is 0.415. The lowest BCUT2D eigenvalue weighted by molar-refractivity contribution is -0.532. The second-order valence-electron chi connectivity index (χ2n) is 4.72. The van der Waals surface area contributed by atoms with Gasteiger partial charge in [-0.25, -0.2) is 0 Å². The predicted molar refractivity (Wildman–Crippen MR) is 83.9 cm³/mol. The van der Waals surface area contributed by atoms with Gasteiger partial charge in [0, 0.05) is 5.56 Å². The Morgan fingerprint density at radius 1 is 1.20 bits per heavy atom. The first-order valence-corrected chi connectivity index (χ1v) is 7.95. The maximum Gasteiger partial charge on any atom is 0.329 e. The number of thioether (sulfide) groups is 1. The number of amidine groups is 1. The molecule has 1 aromatic carbocycles. The Morgan fingerprint density at radius 3 is 2.65 bits per heavy atom. The van der Waals surface area contributed by atoms with Crippen molar-refractivity contribution in [2.75, 3.05) is 12.3 Å². The van der Waals surface area contributed by atoms with Crippen LogP contribution >= 0.6 is 11.8 Å². The molecule has 0 radical (unpaired) electrons. The molecular weight excluding hydrogens is 381 g/mol. The maximum absolute atomic E-state index is 6.03. The van der Waals surface area contributed by atoms with Gasteiger partial charge in [0.05, 0.1) is 5.75 Å². The number of hydrazone groups is 1. The monoisotopic (exact) mass is 403 g/mol. The molecule has 20 heavy (non-hydrogen) atoms. The molecule has 0 fully saturated rings. The summed E-state index contributed by atoms with van der Waals surface area (Å²) >= 11 is 1.68. The molecule has 110 valence electrons. The van der Waals surface area contributed by atoms with E-state index in [0.29, 0.717) is 0 Å². The van der Waals surface area contributed by atoms with Crippen molar-refractivity contribution in [3.63, 3.8) is 0 Å². The van der Waals surface area contributed by atoms with Gasteiger partial charge in [-0.2, -0.15) is 0 Å². The molecule has 0 spiro atoms. The zero-order valence-electron chi connectivity index (χ0n) is 11.9. The molecule has 1 aliphatic heterocycles. The van der Waals surface area contributed by atoms with Crippen LogP contribution in [0.1, 0.15) is 38.2 Å². The largest absolute Gasteiger partial charge is 1.00 e. The molecule has 2 rings (SSSR count). The van der Waals surface area contributed by atoms with Crippen LogP contribution < -0.4 is 29.7 Å². The first-order chi connectivity index (χ1) is 9.31. The van der Waals surface area contributed by atoms with Crippen LogP contribution in [0.15, 0.2) is 35.4 Å². The Bertz CT molecular complexity index is 471. The van der Waals surface area contributed by atoms with Crippen molar-refractivity contribution in [1.29, 1.82) is 0 Å². The number of hydrogen-bond donors (Lipinski definition) is 1. The third-order valence-electron chi connectivity index (χ3n) is 3.18. The molecule has 0 saturated heterocycles. The average molecular weight is 403 g/mol. The fourth-order valence-corrected chi connectivity index (χ4v) is 2.85. The van der Waals surface area contributed by atoms with Gasteiger partial charge in [0.1, 0.15) is 12.3 Å². The molecule has 0 bridgehead atoms. The zero-order chi connectivity index (χ0) is 13.5. The van der Waals surface area contributed by atoms with Crippen LogP contribution in [0.5, 0.6) is 0 Å². The second kappa shape index (κ2) is 9.39. The number of halogens is 1. The normalized spacial score (nSPS) is 14.8. The summed E-state index contributed by atoms with van der Waals surface area (Å²) in [5, 5.41) is 5.53. The highest BCUT2D eigenvalue weighted by atomic mass is 127. The highest BCUT2D eigenvalue weighted by Gasteiger charge is 2.19. The number of benzene rings is 1. The third kappa shape index (κ3) is 5.09. The average Bonchev–Trinajstić information content (AvgIpc) is 2.46. The van der Waals surface area contributed by atoms with Crippen molar-refractivity contribution >= 4 is 22.6 Å². The molecule has 5 heteroatoms. The van der Waals surface area contributed by atoms with E-state index < -0.39 is 0 Å². The zero-order valence-corrected chi connectivity index (χ0v) is 14.9. The van der Waals surface area contributed by atoms with Gasteiger partial charge in [-0.1, -0.05) is 55.2 Å². The summed E-state index contributed by atoms with van der Waals surface area (Å²) in [5.41, 5.74) is 8.35. The molecular formula is C15H22IN3S. The SMILES string of the molecule is CCCCCC[N+]1=C(N)SCC(c2ccccc2)=N1.[I-].